The molecule has 12 heteroatoms. The molecule has 28 heavy (non-hydrogen) atoms. The minimum absolute atomic E-state index is 0.173. The number of hydrogen-bond acceptors (Lipinski definition) is 5. The number of carboxylic acid groups (broad SMARTS) is 1. The number of aryl methyl sites for hydroxylation is 1. The van der Waals surface area contributed by atoms with Gasteiger partial charge in [0.25, 0.3) is 0 Å². The SMILES string of the molecule is Cn1cc(CN2CCCC3(CCCN3S(C)(=O)=O)C2)cn1.O=C(O)C(F)(F)F. The molecule has 3 heterocycles. The van der Waals surface area contributed by atoms with Crippen LogP contribution in [0.5, 0.6) is 0 Å². The van der Waals surface area contributed by atoms with E-state index >= 15 is 0 Å². The third-order valence-corrected chi connectivity index (χ3v) is 6.34. The molecule has 1 unspecified atom stereocenters. The van der Waals surface area contributed by atoms with Crippen LogP contribution in [0.3, 0.4) is 0 Å². The van der Waals surface area contributed by atoms with Crippen LogP contribution in [0.15, 0.2) is 12.4 Å². The van der Waals surface area contributed by atoms with Crippen molar-refractivity contribution in [3.05, 3.63) is 18.0 Å². The van der Waals surface area contributed by atoms with E-state index in [1.165, 1.54) is 11.8 Å². The van der Waals surface area contributed by atoms with Gasteiger partial charge in [0.2, 0.25) is 10.0 Å². The Bertz CT molecular complexity index is 796. The van der Waals surface area contributed by atoms with Gasteiger partial charge in [0.05, 0.1) is 12.5 Å². The molecule has 2 saturated heterocycles. The zero-order chi connectivity index (χ0) is 21.2. The van der Waals surface area contributed by atoms with E-state index in [1.54, 1.807) is 4.31 Å². The first-order chi connectivity index (χ1) is 12.8. The number of aromatic nitrogens is 2. The van der Waals surface area contributed by atoms with Crippen LogP contribution in [0, 0.1) is 0 Å². The lowest BCUT2D eigenvalue weighted by Crippen LogP contribution is -2.56. The number of sulfonamides is 1. The number of alkyl halides is 3. The van der Waals surface area contributed by atoms with Crippen molar-refractivity contribution in [3.63, 3.8) is 0 Å². The maximum Gasteiger partial charge on any atom is 0.490 e. The third-order valence-electron chi connectivity index (χ3n) is 4.97. The van der Waals surface area contributed by atoms with Gasteiger partial charge in [-0.1, -0.05) is 0 Å². The average Bonchev–Trinajstić information content (AvgIpc) is 3.13. The third kappa shape index (κ3) is 5.67. The van der Waals surface area contributed by atoms with Crippen molar-refractivity contribution < 1.29 is 31.5 Å². The molecule has 3 rings (SSSR count). The predicted octanol–water partition coefficient (Wildman–Crippen LogP) is 1.44. The van der Waals surface area contributed by atoms with Gasteiger partial charge in [-0.2, -0.15) is 22.6 Å². The average molecular weight is 426 g/mol. The van der Waals surface area contributed by atoms with Crippen LogP contribution in [-0.4, -0.2) is 76.1 Å². The molecule has 8 nitrogen and oxygen atoms in total. The number of carbonyl (C=O) groups is 1. The van der Waals surface area contributed by atoms with Crippen LogP contribution in [0.4, 0.5) is 13.2 Å². The van der Waals surface area contributed by atoms with Gasteiger partial charge in [0.15, 0.2) is 0 Å². The number of carboxylic acids is 1. The lowest BCUT2D eigenvalue weighted by Gasteiger charge is -2.44. The maximum absolute atomic E-state index is 12.1. The van der Waals surface area contributed by atoms with Crippen LogP contribution in [-0.2, 0) is 28.4 Å². The van der Waals surface area contributed by atoms with Crippen molar-refractivity contribution in [3.8, 4) is 0 Å². The first-order valence-electron chi connectivity index (χ1n) is 8.81. The van der Waals surface area contributed by atoms with E-state index in [-0.39, 0.29) is 5.54 Å². The molecule has 0 aliphatic carbocycles. The second-order valence-corrected chi connectivity index (χ2v) is 9.21. The molecular weight excluding hydrogens is 401 g/mol. The van der Waals surface area contributed by atoms with Gasteiger partial charge < -0.3 is 5.11 Å². The number of hydrogen-bond donors (Lipinski definition) is 1. The van der Waals surface area contributed by atoms with Crippen molar-refractivity contribution >= 4 is 16.0 Å². The summed E-state index contributed by atoms with van der Waals surface area (Å²) in [5.74, 6) is -2.76. The van der Waals surface area contributed by atoms with Gasteiger partial charge in [-0.25, -0.2) is 13.2 Å². The summed E-state index contributed by atoms with van der Waals surface area (Å²) in [7, 11) is -1.19. The molecule has 2 aliphatic heterocycles. The normalized spacial score (nSPS) is 24.2. The lowest BCUT2D eigenvalue weighted by atomic mass is 9.87. The van der Waals surface area contributed by atoms with Gasteiger partial charge in [0, 0.05) is 44.0 Å². The summed E-state index contributed by atoms with van der Waals surface area (Å²) >= 11 is 0. The van der Waals surface area contributed by atoms with E-state index in [2.05, 4.69) is 10.00 Å². The Kier molecular flexibility index (Phi) is 6.77. The first-order valence-corrected chi connectivity index (χ1v) is 10.7. The Morgan fingerprint density at radius 1 is 1.29 bits per heavy atom. The van der Waals surface area contributed by atoms with Crippen LogP contribution in [0.1, 0.15) is 31.2 Å². The fraction of sp³-hybridized carbons (Fsp3) is 0.750. The van der Waals surface area contributed by atoms with Crippen molar-refractivity contribution in [2.45, 2.75) is 43.9 Å². The summed E-state index contributed by atoms with van der Waals surface area (Å²) in [4.78, 5) is 11.3. The van der Waals surface area contributed by atoms with Crippen LogP contribution >= 0.6 is 0 Å². The molecule has 1 spiro atoms. The Labute approximate surface area is 162 Å². The summed E-state index contributed by atoms with van der Waals surface area (Å²) in [6.07, 6.45) is 4.21. The molecular formula is C16H25F3N4O4S. The van der Waals surface area contributed by atoms with Crippen molar-refractivity contribution in [2.24, 2.45) is 7.05 Å². The second-order valence-electron chi connectivity index (χ2n) is 7.30. The highest BCUT2D eigenvalue weighted by atomic mass is 32.2. The smallest absolute Gasteiger partial charge is 0.475 e. The highest BCUT2D eigenvalue weighted by Crippen LogP contribution is 2.39. The van der Waals surface area contributed by atoms with E-state index in [1.807, 2.05) is 24.1 Å². The quantitative estimate of drug-likeness (QED) is 0.786. The van der Waals surface area contributed by atoms with Crippen LogP contribution in [0.2, 0.25) is 0 Å². The molecule has 2 aliphatic rings. The van der Waals surface area contributed by atoms with Crippen molar-refractivity contribution in [1.82, 2.24) is 19.0 Å². The molecule has 1 N–H and O–H groups in total. The van der Waals surface area contributed by atoms with Gasteiger partial charge in [-0.3, -0.25) is 9.58 Å². The Morgan fingerprint density at radius 2 is 1.86 bits per heavy atom. The van der Waals surface area contributed by atoms with Crippen LogP contribution in [0.25, 0.3) is 0 Å². The molecule has 2 fully saturated rings. The van der Waals surface area contributed by atoms with E-state index in [0.29, 0.717) is 6.54 Å². The number of likely N-dealkylation sites (tertiary alicyclic amines) is 1. The van der Waals surface area contributed by atoms with Gasteiger partial charge in [-0.05, 0) is 32.2 Å². The molecule has 0 saturated carbocycles. The zero-order valence-electron chi connectivity index (χ0n) is 15.8. The Balaban J connectivity index is 0.000000345. The summed E-state index contributed by atoms with van der Waals surface area (Å²) in [5.41, 5.74) is 1.02. The minimum atomic E-state index is -5.08. The van der Waals surface area contributed by atoms with Crippen molar-refractivity contribution in [2.75, 3.05) is 25.9 Å². The fourth-order valence-corrected chi connectivity index (χ4v) is 5.40. The highest BCUT2D eigenvalue weighted by molar-refractivity contribution is 7.88. The van der Waals surface area contributed by atoms with Gasteiger partial charge >= 0.3 is 12.1 Å². The monoisotopic (exact) mass is 426 g/mol. The summed E-state index contributed by atoms with van der Waals surface area (Å²) in [6, 6.07) is 0. The molecule has 0 bridgehead atoms. The minimum Gasteiger partial charge on any atom is -0.475 e. The van der Waals surface area contributed by atoms with Crippen LogP contribution < -0.4 is 0 Å². The van der Waals surface area contributed by atoms with Gasteiger partial charge in [-0.15, -0.1) is 0 Å². The number of nitrogens with zero attached hydrogens (tertiary/aromatic N) is 4. The molecule has 0 amide bonds. The second kappa shape index (κ2) is 8.37. The zero-order valence-corrected chi connectivity index (χ0v) is 16.6. The van der Waals surface area contributed by atoms with E-state index in [9.17, 15) is 21.6 Å². The Morgan fingerprint density at radius 3 is 2.32 bits per heavy atom. The van der Waals surface area contributed by atoms with Gasteiger partial charge in [0.1, 0.15) is 0 Å². The summed E-state index contributed by atoms with van der Waals surface area (Å²) < 4.78 is 59.4. The number of piperidine rings is 1. The molecule has 160 valence electrons. The number of rotatable bonds is 3. The number of aliphatic carboxylic acids is 1. The van der Waals surface area contributed by atoms with E-state index < -0.39 is 22.2 Å². The fourth-order valence-electron chi connectivity index (χ4n) is 3.99. The van der Waals surface area contributed by atoms with E-state index in [0.717, 1.165) is 45.3 Å². The summed E-state index contributed by atoms with van der Waals surface area (Å²) in [6.45, 7) is 3.41. The number of halogens is 3. The first kappa shape index (κ1) is 22.6. The van der Waals surface area contributed by atoms with E-state index in [4.69, 9.17) is 9.90 Å². The predicted molar refractivity (Wildman–Crippen MR) is 94.9 cm³/mol. The molecule has 1 aromatic rings. The lowest BCUT2D eigenvalue weighted by molar-refractivity contribution is -0.192. The standard InChI is InChI=1S/C14H24N4O2S.C2HF3O2/c1-16-10-13(9-15-16)11-17-7-3-5-14(12-17)6-4-8-18(14)21(2,19)20;3-2(4,5)1(6)7/h9-10H,3-8,11-12H2,1-2H3;(H,6,7). The largest absolute Gasteiger partial charge is 0.490 e. The van der Waals surface area contributed by atoms with Crippen molar-refractivity contribution in [1.29, 1.82) is 0 Å². The molecule has 1 atom stereocenters. The highest BCUT2D eigenvalue weighted by Gasteiger charge is 2.47. The summed E-state index contributed by atoms with van der Waals surface area (Å²) in [5, 5.41) is 11.3. The molecule has 0 aromatic carbocycles. The maximum atomic E-state index is 12.1. The molecule has 1 aromatic heterocycles. The molecule has 0 radical (unpaired) electrons. The Hall–Kier alpha value is -1.66. The topological polar surface area (TPSA) is 95.7 Å².